The third kappa shape index (κ3) is 5.89. The molecule has 27 heavy (non-hydrogen) atoms. The number of methoxy groups -OCH3 is 1. The van der Waals surface area contributed by atoms with Gasteiger partial charge in [0.05, 0.1) is 31.1 Å². The molecule has 6 nitrogen and oxygen atoms in total. The van der Waals surface area contributed by atoms with Gasteiger partial charge in [-0.2, -0.15) is 5.10 Å². The summed E-state index contributed by atoms with van der Waals surface area (Å²) in [6.07, 6.45) is 1.56. The van der Waals surface area contributed by atoms with Crippen molar-refractivity contribution in [2.45, 2.75) is 26.9 Å². The molecule has 2 aromatic rings. The van der Waals surface area contributed by atoms with E-state index < -0.39 is 0 Å². The van der Waals surface area contributed by atoms with Crippen molar-refractivity contribution in [3.8, 4) is 17.2 Å². The number of carbonyl (C=O) groups excluding carboxylic acids is 1. The molecule has 0 saturated heterocycles. The molecule has 0 aliphatic carbocycles. The fourth-order valence-corrected chi connectivity index (χ4v) is 2.61. The number of hydrogen-bond acceptors (Lipinski definition) is 5. The first-order valence-corrected chi connectivity index (χ1v) is 8.92. The average molecular weight is 391 g/mol. The molecule has 2 aromatic carbocycles. The molecule has 2 rings (SSSR count). The van der Waals surface area contributed by atoms with Gasteiger partial charge in [-0.05, 0) is 62.7 Å². The Morgan fingerprint density at radius 3 is 2.56 bits per heavy atom. The highest BCUT2D eigenvalue weighted by Gasteiger charge is 2.11. The van der Waals surface area contributed by atoms with Gasteiger partial charge >= 0.3 is 0 Å². The number of benzene rings is 2. The topological polar surface area (TPSA) is 69.2 Å². The van der Waals surface area contributed by atoms with Crippen LogP contribution in [0.3, 0.4) is 0 Å². The first-order chi connectivity index (χ1) is 12.9. The van der Waals surface area contributed by atoms with Crippen molar-refractivity contribution in [3.63, 3.8) is 0 Å². The molecule has 0 atom stereocenters. The van der Waals surface area contributed by atoms with Crippen LogP contribution in [0.5, 0.6) is 17.2 Å². The van der Waals surface area contributed by atoms with Crippen molar-refractivity contribution in [2.24, 2.45) is 5.10 Å². The number of ether oxygens (including phenoxy) is 3. The van der Waals surface area contributed by atoms with Crippen LogP contribution in [-0.4, -0.2) is 31.9 Å². The van der Waals surface area contributed by atoms with Gasteiger partial charge in [0, 0.05) is 5.56 Å². The fraction of sp³-hybridized carbons (Fsp3) is 0.300. The molecule has 0 aliphatic rings. The van der Waals surface area contributed by atoms with Crippen LogP contribution in [0.2, 0.25) is 5.02 Å². The second-order valence-corrected chi connectivity index (χ2v) is 6.26. The fourth-order valence-electron chi connectivity index (χ4n) is 2.31. The molecule has 0 radical (unpaired) electrons. The summed E-state index contributed by atoms with van der Waals surface area (Å²) in [5.41, 5.74) is 3.63. The van der Waals surface area contributed by atoms with E-state index in [0.29, 0.717) is 40.0 Å². The molecule has 0 bridgehead atoms. The predicted octanol–water partition coefficient (Wildman–Crippen LogP) is 4.30. The highest BCUT2D eigenvalue weighted by atomic mass is 35.5. The lowest BCUT2D eigenvalue weighted by Gasteiger charge is -2.11. The Bertz CT molecular complexity index is 804. The summed E-state index contributed by atoms with van der Waals surface area (Å²) in [6.45, 7) is 6.22. The smallest absolute Gasteiger partial charge is 0.271 e. The maximum absolute atomic E-state index is 12.2. The molecule has 1 amide bonds. The highest BCUT2D eigenvalue weighted by molar-refractivity contribution is 6.32. The maximum atomic E-state index is 12.2. The minimum absolute atomic E-state index is 0.0761. The molecule has 0 aromatic heterocycles. The van der Waals surface area contributed by atoms with Gasteiger partial charge in [-0.15, -0.1) is 0 Å². The van der Waals surface area contributed by atoms with Gasteiger partial charge in [0.15, 0.2) is 11.5 Å². The third-order valence-electron chi connectivity index (χ3n) is 3.40. The Hall–Kier alpha value is -2.73. The van der Waals surface area contributed by atoms with Gasteiger partial charge in [-0.3, -0.25) is 4.79 Å². The number of amides is 1. The molecular formula is C20H23ClN2O4. The van der Waals surface area contributed by atoms with Crippen molar-refractivity contribution in [2.75, 3.05) is 13.7 Å². The minimum atomic E-state index is -0.327. The molecule has 1 N–H and O–H groups in total. The second kappa shape index (κ2) is 9.83. The van der Waals surface area contributed by atoms with Crippen LogP contribution in [0.15, 0.2) is 41.5 Å². The van der Waals surface area contributed by atoms with Gasteiger partial charge in [0.2, 0.25) is 0 Å². The standard InChI is InChI=1S/C20H23ClN2O4/c1-5-26-18-11-14(10-17(21)19(18)25-4)12-22-23-20(24)15-6-8-16(9-7-15)27-13(2)3/h6-13H,5H2,1-4H3,(H,23,24)/b22-12-. The Morgan fingerprint density at radius 2 is 1.96 bits per heavy atom. The van der Waals surface area contributed by atoms with Crippen LogP contribution in [0.25, 0.3) is 0 Å². The number of nitrogens with one attached hydrogen (secondary N) is 1. The largest absolute Gasteiger partial charge is 0.491 e. The van der Waals surface area contributed by atoms with Gasteiger partial charge < -0.3 is 14.2 Å². The van der Waals surface area contributed by atoms with Crippen molar-refractivity contribution in [3.05, 3.63) is 52.5 Å². The van der Waals surface area contributed by atoms with Gasteiger partial charge in [0.1, 0.15) is 5.75 Å². The average Bonchev–Trinajstić information content (AvgIpc) is 2.62. The van der Waals surface area contributed by atoms with E-state index in [1.54, 1.807) is 36.4 Å². The van der Waals surface area contributed by atoms with E-state index in [-0.39, 0.29) is 12.0 Å². The zero-order chi connectivity index (χ0) is 19.8. The monoisotopic (exact) mass is 390 g/mol. The summed E-state index contributed by atoms with van der Waals surface area (Å²) in [7, 11) is 1.52. The molecule has 144 valence electrons. The van der Waals surface area contributed by atoms with Gasteiger partial charge in [-0.1, -0.05) is 11.6 Å². The van der Waals surface area contributed by atoms with E-state index >= 15 is 0 Å². The van der Waals surface area contributed by atoms with Crippen molar-refractivity contribution in [1.82, 2.24) is 5.43 Å². The molecule has 0 unspecified atom stereocenters. The van der Waals surface area contributed by atoms with Crippen molar-refractivity contribution in [1.29, 1.82) is 0 Å². The maximum Gasteiger partial charge on any atom is 0.271 e. The highest BCUT2D eigenvalue weighted by Crippen LogP contribution is 2.35. The lowest BCUT2D eigenvalue weighted by Crippen LogP contribution is -2.17. The Labute approximate surface area is 164 Å². The normalized spacial score (nSPS) is 10.9. The van der Waals surface area contributed by atoms with Crippen LogP contribution < -0.4 is 19.6 Å². The summed E-state index contributed by atoms with van der Waals surface area (Å²) in [5, 5.41) is 4.38. The quantitative estimate of drug-likeness (QED) is 0.539. The Morgan fingerprint density at radius 1 is 1.26 bits per heavy atom. The van der Waals surface area contributed by atoms with Crippen LogP contribution in [-0.2, 0) is 0 Å². The Balaban J connectivity index is 2.05. The molecular weight excluding hydrogens is 368 g/mol. The zero-order valence-corrected chi connectivity index (χ0v) is 16.5. The number of hydrazone groups is 1. The van der Waals surface area contributed by atoms with Crippen LogP contribution >= 0.6 is 11.6 Å². The SMILES string of the molecule is CCOc1cc(/C=N\NC(=O)c2ccc(OC(C)C)cc2)cc(Cl)c1OC. The minimum Gasteiger partial charge on any atom is -0.491 e. The number of nitrogens with zero attached hydrogens (tertiary/aromatic N) is 1. The van der Waals surface area contributed by atoms with Crippen molar-refractivity contribution >= 4 is 23.7 Å². The third-order valence-corrected chi connectivity index (χ3v) is 3.68. The molecule has 0 spiro atoms. The second-order valence-electron chi connectivity index (χ2n) is 5.86. The summed E-state index contributed by atoms with van der Waals surface area (Å²) in [4.78, 5) is 12.2. The van der Waals surface area contributed by atoms with Crippen LogP contribution in [0.1, 0.15) is 36.7 Å². The summed E-state index contributed by atoms with van der Waals surface area (Å²) in [5.74, 6) is 1.36. The van der Waals surface area contributed by atoms with Crippen LogP contribution in [0, 0.1) is 0 Å². The first-order valence-electron chi connectivity index (χ1n) is 8.55. The molecule has 7 heteroatoms. The van der Waals surface area contributed by atoms with E-state index in [0.717, 1.165) is 0 Å². The van der Waals surface area contributed by atoms with Gasteiger partial charge in [0.25, 0.3) is 5.91 Å². The van der Waals surface area contributed by atoms with Crippen molar-refractivity contribution < 1.29 is 19.0 Å². The summed E-state index contributed by atoms with van der Waals surface area (Å²) in [6, 6.07) is 10.3. The number of carbonyl (C=O) groups is 1. The van der Waals surface area contributed by atoms with Crippen LogP contribution in [0.4, 0.5) is 0 Å². The van der Waals surface area contributed by atoms with E-state index in [1.807, 2.05) is 20.8 Å². The first kappa shape index (κ1) is 20.6. The Kier molecular flexibility index (Phi) is 7.49. The molecule has 0 aliphatic heterocycles. The molecule has 0 fully saturated rings. The molecule has 0 saturated carbocycles. The number of halogens is 1. The lowest BCUT2D eigenvalue weighted by atomic mass is 10.2. The summed E-state index contributed by atoms with van der Waals surface area (Å²) >= 11 is 6.19. The van der Waals surface area contributed by atoms with E-state index in [2.05, 4.69) is 10.5 Å². The molecule has 0 heterocycles. The lowest BCUT2D eigenvalue weighted by molar-refractivity contribution is 0.0955. The van der Waals surface area contributed by atoms with E-state index in [1.165, 1.54) is 13.3 Å². The summed E-state index contributed by atoms with van der Waals surface area (Å²) < 4.78 is 16.3. The van der Waals surface area contributed by atoms with E-state index in [4.69, 9.17) is 25.8 Å². The predicted molar refractivity (Wildman–Crippen MR) is 106 cm³/mol. The number of hydrogen-bond donors (Lipinski definition) is 1. The number of rotatable bonds is 8. The van der Waals surface area contributed by atoms with Gasteiger partial charge in [-0.25, -0.2) is 5.43 Å². The van der Waals surface area contributed by atoms with E-state index in [9.17, 15) is 4.79 Å². The zero-order valence-electron chi connectivity index (χ0n) is 15.8.